The minimum atomic E-state index is 0.593. The van der Waals surface area contributed by atoms with Gasteiger partial charge in [-0.05, 0) is 31.5 Å². The average molecular weight is 382 g/mol. The Balaban J connectivity index is 1.53. The summed E-state index contributed by atoms with van der Waals surface area (Å²) in [5, 5.41) is 4.35. The molecule has 28 heavy (non-hydrogen) atoms. The second kappa shape index (κ2) is 10.7. The predicted molar refractivity (Wildman–Crippen MR) is 115 cm³/mol. The van der Waals surface area contributed by atoms with E-state index in [2.05, 4.69) is 45.3 Å². The fraction of sp³-hybridized carbons (Fsp3) is 0.435. The van der Waals surface area contributed by atoms with Gasteiger partial charge in [-0.3, -0.25) is 4.90 Å². The first-order valence-corrected chi connectivity index (χ1v) is 10.2. The van der Waals surface area contributed by atoms with E-state index in [-0.39, 0.29) is 0 Å². The molecule has 1 aliphatic heterocycles. The molecule has 0 radical (unpaired) electrons. The van der Waals surface area contributed by atoms with Gasteiger partial charge in [-0.1, -0.05) is 41.6 Å². The monoisotopic (exact) mass is 381 g/mol. The van der Waals surface area contributed by atoms with Gasteiger partial charge in [0.2, 0.25) is 0 Å². The average Bonchev–Trinajstić information content (AvgIpc) is 2.75. The molecule has 150 valence electrons. The van der Waals surface area contributed by atoms with Gasteiger partial charge in [-0.2, -0.15) is 0 Å². The summed E-state index contributed by atoms with van der Waals surface area (Å²) in [6, 6.07) is 18.7. The normalized spacial score (nSPS) is 15.5. The predicted octanol–water partition coefficient (Wildman–Crippen LogP) is 4.04. The van der Waals surface area contributed by atoms with Crippen LogP contribution >= 0.6 is 0 Å². The van der Waals surface area contributed by atoms with Gasteiger partial charge >= 0.3 is 0 Å². The van der Waals surface area contributed by atoms with Gasteiger partial charge in [0.25, 0.3) is 0 Å². The Morgan fingerprint density at radius 3 is 2.43 bits per heavy atom. The van der Waals surface area contributed by atoms with Gasteiger partial charge in [-0.15, -0.1) is 0 Å². The summed E-state index contributed by atoms with van der Waals surface area (Å²) in [5.41, 5.74) is 3.41. The number of hydrogen-bond acceptors (Lipinski definition) is 5. The maximum absolute atomic E-state index is 5.64. The third kappa shape index (κ3) is 5.73. The molecule has 0 bridgehead atoms. The van der Waals surface area contributed by atoms with Crippen molar-refractivity contribution in [3.8, 4) is 5.75 Å². The molecule has 2 aromatic rings. The lowest BCUT2D eigenvalue weighted by Gasteiger charge is -2.36. The zero-order chi connectivity index (χ0) is 19.6. The van der Waals surface area contributed by atoms with Gasteiger partial charge in [-0.25, -0.2) is 0 Å². The van der Waals surface area contributed by atoms with Crippen LogP contribution in [-0.2, 0) is 4.84 Å². The standard InChI is InChI=1S/C23H31N3O2/c1-3-27-22-12-8-11-21(19-22)26-17-15-25(16-18-26)14-13-23(24-28-4-2)20-9-6-5-7-10-20/h5-12,19H,3-4,13-18H2,1-2H3/b24-23+. The highest BCUT2D eigenvalue weighted by atomic mass is 16.6. The molecular formula is C23H31N3O2. The molecule has 1 fully saturated rings. The van der Waals surface area contributed by atoms with Crippen LogP contribution in [0.3, 0.4) is 0 Å². The molecule has 0 amide bonds. The highest BCUT2D eigenvalue weighted by Gasteiger charge is 2.18. The summed E-state index contributed by atoms with van der Waals surface area (Å²) in [6.07, 6.45) is 0.893. The first kappa shape index (κ1) is 20.2. The molecule has 1 heterocycles. The molecule has 5 nitrogen and oxygen atoms in total. The first-order valence-electron chi connectivity index (χ1n) is 10.2. The van der Waals surface area contributed by atoms with Gasteiger partial charge in [0.1, 0.15) is 12.4 Å². The molecule has 0 atom stereocenters. The summed E-state index contributed by atoms with van der Waals surface area (Å²) in [7, 11) is 0. The second-order valence-corrected chi connectivity index (χ2v) is 6.83. The lowest BCUT2D eigenvalue weighted by atomic mass is 10.1. The maximum Gasteiger partial charge on any atom is 0.121 e. The van der Waals surface area contributed by atoms with E-state index in [0.717, 1.165) is 56.2 Å². The molecule has 1 saturated heterocycles. The van der Waals surface area contributed by atoms with Crippen LogP contribution in [0.4, 0.5) is 5.69 Å². The number of benzene rings is 2. The Kier molecular flexibility index (Phi) is 7.73. The van der Waals surface area contributed by atoms with E-state index < -0.39 is 0 Å². The van der Waals surface area contributed by atoms with Crippen LogP contribution in [0.15, 0.2) is 59.8 Å². The molecule has 0 aliphatic carbocycles. The zero-order valence-corrected chi connectivity index (χ0v) is 17.0. The Bertz CT molecular complexity index is 741. The Hall–Kier alpha value is -2.53. The third-order valence-corrected chi connectivity index (χ3v) is 4.94. The largest absolute Gasteiger partial charge is 0.494 e. The van der Waals surface area contributed by atoms with Crippen LogP contribution in [0.2, 0.25) is 0 Å². The molecule has 1 aliphatic rings. The van der Waals surface area contributed by atoms with Crippen LogP contribution < -0.4 is 9.64 Å². The van der Waals surface area contributed by atoms with E-state index >= 15 is 0 Å². The zero-order valence-electron chi connectivity index (χ0n) is 17.0. The minimum Gasteiger partial charge on any atom is -0.494 e. The maximum atomic E-state index is 5.64. The summed E-state index contributed by atoms with van der Waals surface area (Å²) in [4.78, 5) is 10.3. The van der Waals surface area contributed by atoms with Crippen LogP contribution in [-0.4, -0.2) is 56.5 Å². The number of nitrogens with zero attached hydrogens (tertiary/aromatic N) is 3. The summed E-state index contributed by atoms with van der Waals surface area (Å²) < 4.78 is 5.64. The molecule has 0 N–H and O–H groups in total. The van der Waals surface area contributed by atoms with Crippen LogP contribution in [0.5, 0.6) is 5.75 Å². The van der Waals surface area contributed by atoms with E-state index in [4.69, 9.17) is 9.57 Å². The molecule has 2 aromatic carbocycles. The van der Waals surface area contributed by atoms with Gasteiger partial charge < -0.3 is 14.5 Å². The number of hydrogen-bond donors (Lipinski definition) is 0. The first-order chi connectivity index (χ1) is 13.8. The minimum absolute atomic E-state index is 0.593. The van der Waals surface area contributed by atoms with Crippen molar-refractivity contribution in [1.82, 2.24) is 4.90 Å². The van der Waals surface area contributed by atoms with Gasteiger partial charge in [0, 0.05) is 50.9 Å². The van der Waals surface area contributed by atoms with E-state index in [0.29, 0.717) is 13.2 Å². The van der Waals surface area contributed by atoms with Crippen molar-refractivity contribution in [1.29, 1.82) is 0 Å². The van der Waals surface area contributed by atoms with E-state index in [9.17, 15) is 0 Å². The van der Waals surface area contributed by atoms with Gasteiger partial charge in [0.15, 0.2) is 0 Å². The smallest absolute Gasteiger partial charge is 0.121 e. The van der Waals surface area contributed by atoms with Gasteiger partial charge in [0.05, 0.1) is 12.3 Å². The highest BCUT2D eigenvalue weighted by Crippen LogP contribution is 2.22. The van der Waals surface area contributed by atoms with Crippen LogP contribution in [0.25, 0.3) is 0 Å². The summed E-state index contributed by atoms with van der Waals surface area (Å²) in [5.74, 6) is 0.946. The number of piperazine rings is 1. The van der Waals surface area contributed by atoms with E-state index in [1.54, 1.807) is 0 Å². The molecule has 0 unspecified atom stereocenters. The molecule has 3 rings (SSSR count). The third-order valence-electron chi connectivity index (χ3n) is 4.94. The summed E-state index contributed by atoms with van der Waals surface area (Å²) in [6.45, 7) is 10.4. The Labute approximate surface area is 168 Å². The lowest BCUT2D eigenvalue weighted by molar-refractivity contribution is 0.157. The van der Waals surface area contributed by atoms with Crippen LogP contribution in [0.1, 0.15) is 25.8 Å². The number of anilines is 1. The molecular weight excluding hydrogens is 350 g/mol. The Morgan fingerprint density at radius 2 is 1.71 bits per heavy atom. The van der Waals surface area contributed by atoms with Crippen molar-refractivity contribution in [2.45, 2.75) is 20.3 Å². The van der Waals surface area contributed by atoms with E-state index in [1.807, 2.05) is 38.1 Å². The quantitative estimate of drug-likeness (QED) is 0.485. The number of oxime groups is 1. The topological polar surface area (TPSA) is 37.3 Å². The summed E-state index contributed by atoms with van der Waals surface area (Å²) >= 11 is 0. The number of ether oxygens (including phenoxy) is 1. The van der Waals surface area contributed by atoms with Crippen molar-refractivity contribution in [3.05, 3.63) is 60.2 Å². The van der Waals surface area contributed by atoms with Crippen molar-refractivity contribution in [3.63, 3.8) is 0 Å². The Morgan fingerprint density at radius 1 is 0.929 bits per heavy atom. The lowest BCUT2D eigenvalue weighted by Crippen LogP contribution is -2.47. The molecule has 0 saturated carbocycles. The molecule has 0 aromatic heterocycles. The van der Waals surface area contributed by atoms with Crippen molar-refractivity contribution in [2.75, 3.05) is 50.8 Å². The van der Waals surface area contributed by atoms with Crippen LogP contribution in [0, 0.1) is 0 Å². The number of rotatable bonds is 9. The molecule has 5 heteroatoms. The molecule has 0 spiro atoms. The van der Waals surface area contributed by atoms with E-state index in [1.165, 1.54) is 5.69 Å². The fourth-order valence-electron chi connectivity index (χ4n) is 3.45. The van der Waals surface area contributed by atoms with Crippen molar-refractivity contribution >= 4 is 11.4 Å². The SMILES string of the molecule is CCO/N=C(\CCN1CCN(c2cccc(OCC)c2)CC1)c1ccccc1. The highest BCUT2D eigenvalue weighted by molar-refractivity contribution is 6.00. The second-order valence-electron chi connectivity index (χ2n) is 6.83. The fourth-order valence-corrected chi connectivity index (χ4v) is 3.45. The van der Waals surface area contributed by atoms with Crippen molar-refractivity contribution < 1.29 is 9.57 Å². The van der Waals surface area contributed by atoms with Crippen molar-refractivity contribution in [2.24, 2.45) is 5.16 Å².